The molecule has 10 nitrogen and oxygen atoms in total. The van der Waals surface area contributed by atoms with Crippen molar-refractivity contribution < 1.29 is 4.79 Å². The molecular weight excluding hydrogens is 408 g/mol. The number of pyridine rings is 1. The SMILES string of the molecule is CN(C)C1CCN(c2ccncc2NC(=O)C(C(N)N=O)C2NCC(Cl)CN2)CC1. The van der Waals surface area contributed by atoms with E-state index in [0.29, 0.717) is 24.8 Å². The van der Waals surface area contributed by atoms with Gasteiger partial charge in [0.1, 0.15) is 5.92 Å². The van der Waals surface area contributed by atoms with Crippen LogP contribution in [0.25, 0.3) is 0 Å². The summed E-state index contributed by atoms with van der Waals surface area (Å²) in [5, 5.41) is 12.0. The van der Waals surface area contributed by atoms with Gasteiger partial charge in [0.15, 0.2) is 6.17 Å². The number of aromatic nitrogens is 1. The van der Waals surface area contributed by atoms with E-state index in [9.17, 15) is 9.70 Å². The topological polar surface area (TPSA) is 128 Å². The molecule has 0 bridgehead atoms. The summed E-state index contributed by atoms with van der Waals surface area (Å²) in [5.74, 6) is -1.28. The molecule has 0 spiro atoms. The molecule has 0 saturated carbocycles. The van der Waals surface area contributed by atoms with Crippen LogP contribution in [0.15, 0.2) is 23.6 Å². The van der Waals surface area contributed by atoms with Crippen molar-refractivity contribution >= 4 is 28.9 Å². The fourth-order valence-corrected chi connectivity index (χ4v) is 4.25. The van der Waals surface area contributed by atoms with Gasteiger partial charge in [-0.15, -0.1) is 16.5 Å². The Labute approximate surface area is 181 Å². The molecule has 166 valence electrons. The number of amides is 1. The normalized spacial score (nSPS) is 25.0. The molecule has 1 aromatic heterocycles. The summed E-state index contributed by atoms with van der Waals surface area (Å²) in [6, 6.07) is 2.45. The standard InChI is InChI=1S/C19H31ClN8O2/c1-27(2)13-4-7-28(8-5-13)15-3-6-22-11-14(15)25-19(29)16(17(21)26-30)18-23-9-12(20)10-24-18/h3,6,11-13,16-18,23-24H,4-5,7-10,21H2,1-2H3,(H,25,29). The lowest BCUT2D eigenvalue weighted by Crippen LogP contribution is -2.62. The molecule has 5 N–H and O–H groups in total. The van der Waals surface area contributed by atoms with Crippen molar-refractivity contribution in [1.29, 1.82) is 0 Å². The molecule has 2 aliphatic rings. The Morgan fingerprint density at radius 2 is 2.03 bits per heavy atom. The second-order valence-electron chi connectivity index (χ2n) is 8.08. The highest BCUT2D eigenvalue weighted by Crippen LogP contribution is 2.29. The minimum Gasteiger partial charge on any atom is -0.370 e. The maximum atomic E-state index is 13.1. The number of carbonyl (C=O) groups is 1. The minimum absolute atomic E-state index is 0.0969. The number of piperidine rings is 1. The second kappa shape index (κ2) is 10.5. The highest BCUT2D eigenvalue weighted by molar-refractivity contribution is 6.21. The van der Waals surface area contributed by atoms with Crippen molar-refractivity contribution in [2.45, 2.75) is 36.6 Å². The first-order valence-electron chi connectivity index (χ1n) is 10.3. The number of nitrogens with one attached hydrogen (secondary N) is 3. The number of hydrogen-bond donors (Lipinski definition) is 4. The van der Waals surface area contributed by atoms with Gasteiger partial charge in [-0.05, 0) is 33.0 Å². The van der Waals surface area contributed by atoms with E-state index in [4.69, 9.17) is 17.3 Å². The Kier molecular flexibility index (Phi) is 7.95. The quantitative estimate of drug-likeness (QED) is 0.354. The van der Waals surface area contributed by atoms with Crippen molar-refractivity contribution in [2.75, 3.05) is 50.5 Å². The Morgan fingerprint density at radius 1 is 1.37 bits per heavy atom. The third-order valence-electron chi connectivity index (χ3n) is 5.86. The predicted octanol–water partition coefficient (Wildman–Crippen LogP) is 0.344. The Morgan fingerprint density at radius 3 is 2.63 bits per heavy atom. The maximum Gasteiger partial charge on any atom is 0.234 e. The van der Waals surface area contributed by atoms with Crippen LogP contribution in [-0.4, -0.2) is 79.8 Å². The van der Waals surface area contributed by atoms with Gasteiger partial charge in [0.05, 0.1) is 29.1 Å². The smallest absolute Gasteiger partial charge is 0.234 e. The zero-order valence-electron chi connectivity index (χ0n) is 17.4. The van der Waals surface area contributed by atoms with Crippen LogP contribution < -0.4 is 26.6 Å². The molecular formula is C19H31ClN8O2. The van der Waals surface area contributed by atoms with Crippen LogP contribution >= 0.6 is 11.6 Å². The van der Waals surface area contributed by atoms with Crippen LogP contribution in [0.2, 0.25) is 0 Å². The van der Waals surface area contributed by atoms with Crippen LogP contribution in [0.5, 0.6) is 0 Å². The monoisotopic (exact) mass is 438 g/mol. The zero-order chi connectivity index (χ0) is 21.7. The average molecular weight is 439 g/mol. The van der Waals surface area contributed by atoms with Crippen LogP contribution in [0.3, 0.4) is 0 Å². The number of hydrogen-bond acceptors (Lipinski definition) is 9. The van der Waals surface area contributed by atoms with E-state index >= 15 is 0 Å². The Balaban J connectivity index is 1.73. The third-order valence-corrected chi connectivity index (χ3v) is 6.17. The number of alkyl halides is 1. The largest absolute Gasteiger partial charge is 0.370 e. The number of nitrogens with two attached hydrogens (primary N) is 1. The molecule has 0 aromatic carbocycles. The lowest BCUT2D eigenvalue weighted by Gasteiger charge is -2.37. The summed E-state index contributed by atoms with van der Waals surface area (Å²) in [6.45, 7) is 2.79. The molecule has 0 aliphatic carbocycles. The molecule has 1 amide bonds. The van der Waals surface area contributed by atoms with E-state index in [1.807, 2.05) is 6.07 Å². The van der Waals surface area contributed by atoms with Gasteiger partial charge in [-0.1, -0.05) is 5.18 Å². The molecule has 3 heterocycles. The van der Waals surface area contributed by atoms with Crippen LogP contribution in [-0.2, 0) is 4.79 Å². The number of rotatable bonds is 7. The summed E-state index contributed by atoms with van der Waals surface area (Å²) in [6.07, 6.45) is 3.73. The summed E-state index contributed by atoms with van der Waals surface area (Å²) in [7, 11) is 4.20. The van der Waals surface area contributed by atoms with Crippen molar-refractivity contribution in [3.63, 3.8) is 0 Å². The van der Waals surface area contributed by atoms with Crippen molar-refractivity contribution in [3.05, 3.63) is 23.4 Å². The molecule has 3 rings (SSSR count). The van der Waals surface area contributed by atoms with Crippen molar-refractivity contribution in [2.24, 2.45) is 16.8 Å². The summed E-state index contributed by atoms with van der Waals surface area (Å²) in [5.41, 5.74) is 7.38. The lowest BCUT2D eigenvalue weighted by molar-refractivity contribution is -0.121. The van der Waals surface area contributed by atoms with E-state index < -0.39 is 24.2 Å². The fourth-order valence-electron chi connectivity index (χ4n) is 4.08. The van der Waals surface area contributed by atoms with Gasteiger partial charge in [0.25, 0.3) is 0 Å². The number of carbonyl (C=O) groups excluding carboxylic acids is 1. The van der Waals surface area contributed by atoms with Gasteiger partial charge in [-0.25, -0.2) is 0 Å². The second-order valence-corrected chi connectivity index (χ2v) is 8.69. The molecule has 30 heavy (non-hydrogen) atoms. The Hall–Kier alpha value is -1.85. The van der Waals surface area contributed by atoms with E-state index in [0.717, 1.165) is 31.6 Å². The van der Waals surface area contributed by atoms with Gasteiger partial charge in [-0.2, -0.15) is 0 Å². The first-order valence-corrected chi connectivity index (χ1v) is 10.7. The van der Waals surface area contributed by atoms with Crippen LogP contribution in [0.1, 0.15) is 12.8 Å². The van der Waals surface area contributed by atoms with Gasteiger partial charge in [-0.3, -0.25) is 20.4 Å². The van der Waals surface area contributed by atoms with Crippen molar-refractivity contribution in [3.8, 4) is 0 Å². The highest BCUT2D eigenvalue weighted by atomic mass is 35.5. The van der Waals surface area contributed by atoms with E-state index in [1.165, 1.54) is 0 Å². The van der Waals surface area contributed by atoms with E-state index in [-0.39, 0.29) is 5.38 Å². The zero-order valence-corrected chi connectivity index (χ0v) is 18.2. The average Bonchev–Trinajstić information content (AvgIpc) is 2.75. The van der Waals surface area contributed by atoms with Gasteiger partial charge >= 0.3 is 0 Å². The number of nitrogens with zero attached hydrogens (tertiary/aromatic N) is 4. The summed E-state index contributed by atoms with van der Waals surface area (Å²) >= 11 is 6.09. The molecule has 11 heteroatoms. The Bertz CT molecular complexity index is 720. The van der Waals surface area contributed by atoms with E-state index in [2.05, 4.69) is 50.0 Å². The fraction of sp³-hybridized carbons (Fsp3) is 0.684. The number of halogens is 1. The molecule has 2 atom stereocenters. The van der Waals surface area contributed by atoms with Crippen LogP contribution in [0.4, 0.5) is 11.4 Å². The molecule has 2 fully saturated rings. The molecule has 2 saturated heterocycles. The van der Waals surface area contributed by atoms with E-state index in [1.54, 1.807) is 12.4 Å². The van der Waals surface area contributed by atoms with Gasteiger partial charge in [0, 0.05) is 38.4 Å². The summed E-state index contributed by atoms with van der Waals surface area (Å²) < 4.78 is 0. The minimum atomic E-state index is -1.20. The van der Waals surface area contributed by atoms with Crippen LogP contribution in [0, 0.1) is 10.8 Å². The molecule has 1 aromatic rings. The first-order chi connectivity index (χ1) is 14.4. The van der Waals surface area contributed by atoms with Gasteiger partial charge in [0.2, 0.25) is 5.91 Å². The first kappa shape index (κ1) is 22.8. The van der Waals surface area contributed by atoms with Crippen molar-refractivity contribution in [1.82, 2.24) is 20.5 Å². The third kappa shape index (κ3) is 5.44. The van der Waals surface area contributed by atoms with Gasteiger partial charge < -0.3 is 20.9 Å². The lowest BCUT2D eigenvalue weighted by atomic mass is 9.99. The molecule has 0 radical (unpaired) electrons. The predicted molar refractivity (Wildman–Crippen MR) is 118 cm³/mol. The maximum absolute atomic E-state index is 13.1. The summed E-state index contributed by atoms with van der Waals surface area (Å²) in [4.78, 5) is 32.9. The number of nitroso groups, excluding NO2 is 1. The highest BCUT2D eigenvalue weighted by Gasteiger charge is 2.37. The molecule has 2 unspecified atom stereocenters. The number of anilines is 2. The molecule has 2 aliphatic heterocycles.